The molecule has 168 valence electrons. The molecule has 31 heavy (non-hydrogen) atoms. The van der Waals surface area contributed by atoms with E-state index in [1.54, 1.807) is 24.3 Å². The highest BCUT2D eigenvalue weighted by molar-refractivity contribution is 7.89. The Morgan fingerprint density at radius 2 is 1.61 bits per heavy atom. The number of piperazine rings is 1. The number of carbonyl (C=O) groups is 1. The first kappa shape index (κ1) is 23.0. The fraction of sp³-hybridized carbons (Fsp3) is 0.381. The van der Waals surface area contributed by atoms with Gasteiger partial charge in [0.2, 0.25) is 10.0 Å². The average molecular weight is 454 g/mol. The minimum atomic E-state index is -3.48. The van der Waals surface area contributed by atoms with E-state index in [0.717, 1.165) is 0 Å². The van der Waals surface area contributed by atoms with Crippen LogP contribution in [0.25, 0.3) is 0 Å². The zero-order valence-corrected chi connectivity index (χ0v) is 17.8. The van der Waals surface area contributed by atoms with Crippen molar-refractivity contribution < 1.29 is 26.7 Å². The van der Waals surface area contributed by atoms with Crippen LogP contribution in [0.4, 0.5) is 14.5 Å². The molecule has 0 aromatic heterocycles. The maximum Gasteiger partial charge on any atom is 0.257 e. The molecule has 7 nitrogen and oxygen atoms in total. The summed E-state index contributed by atoms with van der Waals surface area (Å²) in [6, 6.07) is 12.2. The van der Waals surface area contributed by atoms with Gasteiger partial charge in [0.25, 0.3) is 5.91 Å². The van der Waals surface area contributed by atoms with Crippen LogP contribution in [-0.2, 0) is 14.8 Å². The number of sulfonamides is 1. The molecule has 3 rings (SSSR count). The lowest BCUT2D eigenvalue weighted by Crippen LogP contribution is -2.49. The van der Waals surface area contributed by atoms with Gasteiger partial charge < -0.3 is 15.0 Å². The number of nitrogens with one attached hydrogen (secondary N) is 1. The highest BCUT2D eigenvalue weighted by atomic mass is 32.2. The lowest BCUT2D eigenvalue weighted by Gasteiger charge is -2.35. The maximum atomic E-state index is 13.9. The van der Waals surface area contributed by atoms with E-state index in [0.29, 0.717) is 18.8 Å². The molecule has 1 N–H and O–H groups in total. The van der Waals surface area contributed by atoms with Gasteiger partial charge in [0.05, 0.1) is 11.4 Å². The second kappa shape index (κ2) is 10.5. The van der Waals surface area contributed by atoms with Crippen LogP contribution in [-0.4, -0.2) is 63.7 Å². The molecule has 0 aliphatic carbocycles. The summed E-state index contributed by atoms with van der Waals surface area (Å²) in [5.74, 6) is -1.47. The zero-order chi connectivity index (χ0) is 22.3. The smallest absolute Gasteiger partial charge is 0.257 e. The second-order valence-corrected chi connectivity index (χ2v) is 9.16. The Labute approximate surface area is 180 Å². The topological polar surface area (TPSA) is 78.9 Å². The number of benzene rings is 2. The van der Waals surface area contributed by atoms with Crippen molar-refractivity contribution in [1.82, 2.24) is 9.62 Å². The molecule has 0 saturated carbocycles. The normalized spacial score (nSPS) is 15.0. The predicted molar refractivity (Wildman–Crippen MR) is 113 cm³/mol. The molecule has 1 aliphatic heterocycles. The number of carbonyl (C=O) groups excluding carboxylic acids is 1. The summed E-state index contributed by atoms with van der Waals surface area (Å²) < 4.78 is 58.9. The molecule has 1 fully saturated rings. The van der Waals surface area contributed by atoms with Crippen molar-refractivity contribution in [3.05, 3.63) is 60.2 Å². The third-order valence-electron chi connectivity index (χ3n) is 4.92. The van der Waals surface area contributed by atoms with Gasteiger partial charge in [0.15, 0.2) is 18.2 Å². The van der Waals surface area contributed by atoms with Crippen molar-refractivity contribution in [3.8, 4) is 5.75 Å². The van der Waals surface area contributed by atoms with E-state index in [1.165, 1.54) is 28.6 Å². The molecule has 1 amide bonds. The summed E-state index contributed by atoms with van der Waals surface area (Å²) in [6.07, 6.45) is 0.237. The number of halogens is 2. The molecule has 2 aromatic rings. The molecular weight excluding hydrogens is 428 g/mol. The third-order valence-corrected chi connectivity index (χ3v) is 6.88. The standard InChI is InChI=1S/C21H25F2N3O4S/c22-17-6-1-3-8-19(17)25-11-13-26(14-12-25)31(28,29)15-5-10-24-21(27)16-30-20-9-4-2-7-18(20)23/h1-4,6-9H,5,10-16H2,(H,24,27). The van der Waals surface area contributed by atoms with Gasteiger partial charge in [-0.3, -0.25) is 4.79 Å². The number of rotatable bonds is 9. The monoisotopic (exact) mass is 453 g/mol. The Bertz CT molecular complexity index is 996. The molecule has 0 unspecified atom stereocenters. The van der Waals surface area contributed by atoms with E-state index in [-0.39, 0.29) is 50.0 Å². The first-order valence-electron chi connectivity index (χ1n) is 9.98. The fourth-order valence-corrected chi connectivity index (χ4v) is 4.77. The number of amides is 1. The maximum absolute atomic E-state index is 13.9. The molecule has 10 heteroatoms. The van der Waals surface area contributed by atoms with Gasteiger partial charge in [0.1, 0.15) is 5.82 Å². The molecule has 0 spiro atoms. The summed E-state index contributed by atoms with van der Waals surface area (Å²) in [4.78, 5) is 13.6. The third kappa shape index (κ3) is 6.38. The van der Waals surface area contributed by atoms with Crippen LogP contribution in [0.15, 0.2) is 48.5 Å². The molecule has 1 saturated heterocycles. The highest BCUT2D eigenvalue weighted by Gasteiger charge is 2.27. The number of para-hydroxylation sites is 2. The number of hydrogen-bond acceptors (Lipinski definition) is 5. The molecule has 2 aromatic carbocycles. The van der Waals surface area contributed by atoms with E-state index in [2.05, 4.69) is 5.32 Å². The lowest BCUT2D eigenvalue weighted by atomic mass is 10.2. The number of anilines is 1. The first-order valence-corrected chi connectivity index (χ1v) is 11.6. The largest absolute Gasteiger partial charge is 0.481 e. The Kier molecular flexibility index (Phi) is 7.80. The van der Waals surface area contributed by atoms with Crippen LogP contribution in [0.5, 0.6) is 5.75 Å². The average Bonchev–Trinajstić information content (AvgIpc) is 2.77. The predicted octanol–water partition coefficient (Wildman–Crippen LogP) is 2.00. The molecule has 0 bridgehead atoms. The summed E-state index contributed by atoms with van der Waals surface area (Å²) in [6.45, 7) is 1.17. The summed E-state index contributed by atoms with van der Waals surface area (Å²) in [5, 5.41) is 2.56. The SMILES string of the molecule is O=C(COc1ccccc1F)NCCCS(=O)(=O)N1CCN(c2ccccc2F)CC1. The first-order chi connectivity index (χ1) is 14.9. The van der Waals surface area contributed by atoms with E-state index >= 15 is 0 Å². The van der Waals surface area contributed by atoms with Crippen LogP contribution in [0.2, 0.25) is 0 Å². The highest BCUT2D eigenvalue weighted by Crippen LogP contribution is 2.21. The van der Waals surface area contributed by atoms with E-state index in [4.69, 9.17) is 4.74 Å². The minimum absolute atomic E-state index is 0.0187. The quantitative estimate of drug-likeness (QED) is 0.588. The Morgan fingerprint density at radius 1 is 0.968 bits per heavy atom. The Morgan fingerprint density at radius 3 is 2.29 bits per heavy atom. The summed E-state index contributed by atoms with van der Waals surface area (Å²) >= 11 is 0. The Hall–Kier alpha value is -2.72. The number of nitrogens with zero attached hydrogens (tertiary/aromatic N) is 2. The van der Waals surface area contributed by atoms with Crippen molar-refractivity contribution in [3.63, 3.8) is 0 Å². The van der Waals surface area contributed by atoms with Crippen LogP contribution >= 0.6 is 0 Å². The van der Waals surface area contributed by atoms with Crippen molar-refractivity contribution >= 4 is 21.6 Å². The number of ether oxygens (including phenoxy) is 1. The lowest BCUT2D eigenvalue weighted by molar-refractivity contribution is -0.123. The van der Waals surface area contributed by atoms with E-state index in [9.17, 15) is 22.0 Å². The van der Waals surface area contributed by atoms with Gasteiger partial charge in [-0.25, -0.2) is 17.2 Å². The van der Waals surface area contributed by atoms with Gasteiger partial charge in [0, 0.05) is 32.7 Å². The molecular formula is C21H25F2N3O4S. The van der Waals surface area contributed by atoms with Gasteiger partial charge in [-0.2, -0.15) is 4.31 Å². The van der Waals surface area contributed by atoms with Gasteiger partial charge in [-0.1, -0.05) is 24.3 Å². The van der Waals surface area contributed by atoms with Crippen molar-refractivity contribution in [1.29, 1.82) is 0 Å². The summed E-state index contributed by atoms with van der Waals surface area (Å²) in [7, 11) is -3.48. The summed E-state index contributed by atoms with van der Waals surface area (Å²) in [5.41, 5.74) is 0.472. The van der Waals surface area contributed by atoms with Gasteiger partial charge in [-0.15, -0.1) is 0 Å². The van der Waals surface area contributed by atoms with Crippen molar-refractivity contribution in [2.45, 2.75) is 6.42 Å². The number of hydrogen-bond donors (Lipinski definition) is 1. The molecule has 1 heterocycles. The molecule has 1 aliphatic rings. The fourth-order valence-electron chi connectivity index (χ4n) is 3.28. The van der Waals surface area contributed by atoms with Gasteiger partial charge in [-0.05, 0) is 30.7 Å². The van der Waals surface area contributed by atoms with E-state index in [1.807, 2.05) is 4.90 Å². The van der Waals surface area contributed by atoms with Crippen LogP contribution in [0, 0.1) is 11.6 Å². The van der Waals surface area contributed by atoms with Crippen molar-refractivity contribution in [2.75, 3.05) is 50.0 Å². The van der Waals surface area contributed by atoms with Crippen LogP contribution in [0.1, 0.15) is 6.42 Å². The minimum Gasteiger partial charge on any atom is -0.481 e. The Balaban J connectivity index is 1.37. The molecule has 0 radical (unpaired) electrons. The zero-order valence-electron chi connectivity index (χ0n) is 17.0. The molecule has 0 atom stereocenters. The van der Waals surface area contributed by atoms with Crippen molar-refractivity contribution in [2.24, 2.45) is 0 Å². The second-order valence-electron chi connectivity index (χ2n) is 7.08. The van der Waals surface area contributed by atoms with Crippen LogP contribution < -0.4 is 15.0 Å². The van der Waals surface area contributed by atoms with Crippen LogP contribution in [0.3, 0.4) is 0 Å². The van der Waals surface area contributed by atoms with E-state index < -0.39 is 21.7 Å². The van der Waals surface area contributed by atoms with Gasteiger partial charge >= 0.3 is 0 Å².